The lowest BCUT2D eigenvalue weighted by Crippen LogP contribution is -2.03. The van der Waals surface area contributed by atoms with Gasteiger partial charge in [0.15, 0.2) is 5.82 Å². The molecule has 0 bridgehead atoms. The molecule has 0 aliphatic carbocycles. The third-order valence-corrected chi connectivity index (χ3v) is 2.32. The molecule has 2 N–H and O–H groups in total. The average molecular weight is 209 g/mol. The fourth-order valence-corrected chi connectivity index (χ4v) is 1.47. The fraction of sp³-hybridized carbons (Fsp3) is 0.143. The first-order valence-electron chi connectivity index (χ1n) is 3.75. The van der Waals surface area contributed by atoms with Crippen LogP contribution in [0.2, 0.25) is 0 Å². The van der Waals surface area contributed by atoms with Gasteiger partial charge in [-0.3, -0.25) is 4.21 Å². The summed E-state index contributed by atoms with van der Waals surface area (Å²) in [6.07, 6.45) is 4.37. The summed E-state index contributed by atoms with van der Waals surface area (Å²) in [5, 5.41) is 0.199. The number of nitrogen functional groups attached to an aromatic ring is 1. The number of anilines is 1. The third-order valence-electron chi connectivity index (χ3n) is 1.62. The highest BCUT2D eigenvalue weighted by molar-refractivity contribution is 7.84. The van der Waals surface area contributed by atoms with Crippen LogP contribution in [0.25, 0.3) is 11.0 Å². The van der Waals surface area contributed by atoms with Crippen molar-refractivity contribution in [3.8, 4) is 0 Å². The van der Waals surface area contributed by atoms with E-state index < -0.39 is 10.8 Å². The van der Waals surface area contributed by atoms with Gasteiger partial charge < -0.3 is 5.73 Å². The highest BCUT2D eigenvalue weighted by atomic mass is 32.2. The number of aromatic nitrogens is 4. The van der Waals surface area contributed by atoms with Crippen LogP contribution in [-0.2, 0) is 10.8 Å². The molecule has 0 radical (unpaired) electrons. The molecule has 0 aliphatic heterocycles. The van der Waals surface area contributed by atoms with Crippen molar-refractivity contribution in [3.05, 3.63) is 12.5 Å². The molecular formula is C7H7N5OS. The molecule has 0 aliphatic rings. The molecule has 72 valence electrons. The molecule has 7 heteroatoms. The van der Waals surface area contributed by atoms with E-state index in [-0.39, 0.29) is 11.0 Å². The van der Waals surface area contributed by atoms with Gasteiger partial charge in [0.1, 0.15) is 17.4 Å². The Labute approximate surface area is 82.1 Å². The molecular weight excluding hydrogens is 202 g/mol. The maximum Gasteiger partial charge on any atom is 0.220 e. The monoisotopic (exact) mass is 209 g/mol. The molecule has 6 nitrogen and oxygen atoms in total. The van der Waals surface area contributed by atoms with Crippen molar-refractivity contribution in [1.82, 2.24) is 19.9 Å². The molecule has 2 aromatic rings. The first-order valence-corrected chi connectivity index (χ1v) is 5.31. The Balaban J connectivity index is 2.78. The van der Waals surface area contributed by atoms with Gasteiger partial charge in [-0.25, -0.2) is 19.9 Å². The van der Waals surface area contributed by atoms with Crippen molar-refractivity contribution in [2.45, 2.75) is 5.16 Å². The summed E-state index contributed by atoms with van der Waals surface area (Å²) in [5.74, 6) is 0.225. The lowest BCUT2D eigenvalue weighted by molar-refractivity contribution is 0.680. The molecule has 0 spiro atoms. The topological polar surface area (TPSA) is 94.7 Å². The van der Waals surface area contributed by atoms with E-state index in [0.717, 1.165) is 0 Å². The van der Waals surface area contributed by atoms with E-state index in [2.05, 4.69) is 19.9 Å². The Bertz CT molecular complexity index is 514. The number of fused-ring (bicyclic) bond motifs is 1. The molecule has 14 heavy (non-hydrogen) atoms. The largest absolute Gasteiger partial charge is 0.382 e. The number of hydrogen-bond donors (Lipinski definition) is 1. The Morgan fingerprint density at radius 3 is 2.93 bits per heavy atom. The van der Waals surface area contributed by atoms with E-state index in [1.165, 1.54) is 18.8 Å². The zero-order chi connectivity index (χ0) is 10.1. The number of nitrogens with two attached hydrogens (primary N) is 1. The molecule has 0 saturated carbocycles. The number of rotatable bonds is 1. The van der Waals surface area contributed by atoms with E-state index in [1.807, 2.05) is 0 Å². The molecule has 0 amide bonds. The van der Waals surface area contributed by atoms with Crippen molar-refractivity contribution < 1.29 is 4.21 Å². The van der Waals surface area contributed by atoms with Crippen LogP contribution in [0.1, 0.15) is 0 Å². The van der Waals surface area contributed by atoms with Crippen molar-refractivity contribution in [3.63, 3.8) is 0 Å². The molecule has 0 saturated heterocycles. The molecule has 1 atom stereocenters. The molecule has 2 rings (SSSR count). The van der Waals surface area contributed by atoms with Crippen LogP contribution >= 0.6 is 0 Å². The summed E-state index contributed by atoms with van der Waals surface area (Å²) in [4.78, 5) is 15.6. The van der Waals surface area contributed by atoms with Crippen LogP contribution in [0.4, 0.5) is 5.82 Å². The molecule has 2 heterocycles. The van der Waals surface area contributed by atoms with Gasteiger partial charge in [-0.1, -0.05) is 0 Å². The van der Waals surface area contributed by atoms with Crippen LogP contribution < -0.4 is 5.73 Å². The van der Waals surface area contributed by atoms with E-state index in [0.29, 0.717) is 11.0 Å². The maximum atomic E-state index is 11.1. The molecule has 2 aromatic heterocycles. The Morgan fingerprint density at radius 1 is 1.43 bits per heavy atom. The smallest absolute Gasteiger partial charge is 0.220 e. The normalized spacial score (nSPS) is 12.9. The second-order valence-corrected chi connectivity index (χ2v) is 3.88. The average Bonchev–Trinajstić information content (AvgIpc) is 2.17. The van der Waals surface area contributed by atoms with Crippen LogP contribution in [0, 0.1) is 0 Å². The Morgan fingerprint density at radius 2 is 2.21 bits per heavy atom. The van der Waals surface area contributed by atoms with Gasteiger partial charge in [-0.2, -0.15) is 0 Å². The van der Waals surface area contributed by atoms with Gasteiger partial charge in [-0.05, 0) is 0 Å². The summed E-state index contributed by atoms with van der Waals surface area (Å²) in [6.45, 7) is 0. The highest BCUT2D eigenvalue weighted by Crippen LogP contribution is 2.14. The van der Waals surface area contributed by atoms with Gasteiger partial charge in [-0.15, -0.1) is 0 Å². The quantitative estimate of drug-likeness (QED) is 0.650. The van der Waals surface area contributed by atoms with E-state index in [1.54, 1.807) is 0 Å². The Kier molecular flexibility index (Phi) is 2.08. The predicted octanol–water partition coefficient (Wildman–Crippen LogP) is -0.261. The van der Waals surface area contributed by atoms with Crippen molar-refractivity contribution in [2.24, 2.45) is 0 Å². The molecule has 0 fully saturated rings. The Hall–Kier alpha value is -1.63. The summed E-state index contributed by atoms with van der Waals surface area (Å²) in [5.41, 5.74) is 6.60. The lowest BCUT2D eigenvalue weighted by Gasteiger charge is -2.00. The number of hydrogen-bond acceptors (Lipinski definition) is 6. The number of nitrogens with zero attached hydrogens (tertiary/aromatic N) is 4. The summed E-state index contributed by atoms with van der Waals surface area (Å²) in [7, 11) is -1.25. The maximum absolute atomic E-state index is 11.1. The van der Waals surface area contributed by atoms with Crippen LogP contribution in [-0.4, -0.2) is 30.4 Å². The predicted molar refractivity (Wildman–Crippen MR) is 51.9 cm³/mol. The highest BCUT2D eigenvalue weighted by Gasteiger charge is 2.08. The van der Waals surface area contributed by atoms with Crippen molar-refractivity contribution in [2.75, 3.05) is 12.0 Å². The van der Waals surface area contributed by atoms with E-state index >= 15 is 0 Å². The lowest BCUT2D eigenvalue weighted by atomic mass is 10.4. The fourth-order valence-electron chi connectivity index (χ4n) is 1.01. The van der Waals surface area contributed by atoms with Gasteiger partial charge in [0, 0.05) is 6.26 Å². The summed E-state index contributed by atoms with van der Waals surface area (Å²) in [6, 6.07) is 0. The van der Waals surface area contributed by atoms with E-state index in [4.69, 9.17) is 5.73 Å². The summed E-state index contributed by atoms with van der Waals surface area (Å²) >= 11 is 0. The van der Waals surface area contributed by atoms with E-state index in [9.17, 15) is 4.21 Å². The zero-order valence-electron chi connectivity index (χ0n) is 7.34. The molecule has 0 aromatic carbocycles. The second-order valence-electron chi connectivity index (χ2n) is 2.60. The van der Waals surface area contributed by atoms with Crippen LogP contribution in [0.5, 0.6) is 0 Å². The minimum absolute atomic E-state index is 0.199. The van der Waals surface area contributed by atoms with Crippen LogP contribution in [0.15, 0.2) is 17.7 Å². The molecule has 1 unspecified atom stereocenters. The summed E-state index contributed by atoms with van der Waals surface area (Å²) < 4.78 is 11.1. The zero-order valence-corrected chi connectivity index (χ0v) is 8.15. The minimum Gasteiger partial charge on any atom is -0.382 e. The first-order chi connectivity index (χ1) is 6.68. The second kappa shape index (κ2) is 3.26. The van der Waals surface area contributed by atoms with Crippen LogP contribution in [0.3, 0.4) is 0 Å². The SMILES string of the molecule is CS(=O)c1nc(N)c2ncncc2n1. The van der Waals surface area contributed by atoms with Gasteiger partial charge >= 0.3 is 0 Å². The standard InChI is InChI=1S/C7H7N5OS/c1-14(13)7-11-4-2-9-3-10-5(4)6(8)12-7/h2-3H,1H3,(H2,8,11,12). The minimum atomic E-state index is -1.25. The van der Waals surface area contributed by atoms with Gasteiger partial charge in [0.2, 0.25) is 5.16 Å². The van der Waals surface area contributed by atoms with Gasteiger partial charge in [0.05, 0.1) is 17.0 Å². The van der Waals surface area contributed by atoms with Gasteiger partial charge in [0.25, 0.3) is 0 Å². The first kappa shape index (κ1) is 8.95. The third kappa shape index (κ3) is 1.41. The van der Waals surface area contributed by atoms with Crippen molar-refractivity contribution >= 4 is 27.7 Å². The van der Waals surface area contributed by atoms with Crippen molar-refractivity contribution in [1.29, 1.82) is 0 Å².